The summed E-state index contributed by atoms with van der Waals surface area (Å²) in [4.78, 5) is 17.6. The summed E-state index contributed by atoms with van der Waals surface area (Å²) in [7, 11) is 0. The van der Waals surface area contributed by atoms with Crippen LogP contribution in [-0.2, 0) is 24.1 Å². The Balaban J connectivity index is 1.07. The molecule has 1 saturated carbocycles. The van der Waals surface area contributed by atoms with Gasteiger partial charge in [-0.1, -0.05) is 88.0 Å². The maximum atomic E-state index is 14.1. The molecule has 9 rings (SSSR count). The highest BCUT2D eigenvalue weighted by Crippen LogP contribution is 2.51. The zero-order valence-corrected chi connectivity index (χ0v) is 35.8. The lowest BCUT2D eigenvalue weighted by Gasteiger charge is -2.35. The van der Waals surface area contributed by atoms with Gasteiger partial charge in [0.15, 0.2) is 17.7 Å². The Bertz CT molecular complexity index is 2470. The van der Waals surface area contributed by atoms with Crippen LogP contribution < -0.4 is 20.5 Å². The largest absolute Gasteiger partial charge is 0.508 e. The van der Waals surface area contributed by atoms with Crippen LogP contribution in [0.15, 0.2) is 55.0 Å². The molecule has 11 heteroatoms. The second-order valence-corrected chi connectivity index (χ2v) is 18.5. The number of ketones is 1. The van der Waals surface area contributed by atoms with Crippen LogP contribution in [-0.4, -0.2) is 54.5 Å². The number of carbonyl (C=O) groups excluding carboxylic acids is 1. The van der Waals surface area contributed by atoms with Crippen molar-refractivity contribution in [3.63, 3.8) is 0 Å². The van der Waals surface area contributed by atoms with Gasteiger partial charge in [-0.15, -0.1) is 0 Å². The molecule has 5 heterocycles. The van der Waals surface area contributed by atoms with Crippen LogP contribution in [0.3, 0.4) is 0 Å². The highest BCUT2D eigenvalue weighted by atomic mass is 16.5. The molecule has 326 valence electrons. The smallest absolute Gasteiger partial charge is 0.191 e. The molecule has 1 spiro atoms. The fourth-order valence-electron chi connectivity index (χ4n) is 10.9. The number of aromatic nitrogens is 2. The van der Waals surface area contributed by atoms with E-state index in [0.29, 0.717) is 30.6 Å². The van der Waals surface area contributed by atoms with Gasteiger partial charge < -0.3 is 45.2 Å². The predicted octanol–water partition coefficient (Wildman–Crippen LogP) is 7.16. The third kappa shape index (κ3) is 8.06. The zero-order valence-electron chi connectivity index (χ0n) is 35.8. The van der Waals surface area contributed by atoms with Gasteiger partial charge in [-0.25, -0.2) is 0 Å². The van der Waals surface area contributed by atoms with E-state index in [4.69, 9.17) is 15.2 Å². The predicted molar refractivity (Wildman–Crippen MR) is 237 cm³/mol. The number of H-pyrrole nitrogens is 1. The molecule has 2 aromatic carbocycles. The molecule has 2 aromatic heterocycles. The maximum Gasteiger partial charge on any atom is 0.191 e. The molecule has 62 heavy (non-hydrogen) atoms. The number of Topliss-reactive ketones (excluding diaryl/α,β-unsaturated/α-hetero) is 1. The number of nitrogens with one attached hydrogen (secondary N) is 2. The standard InChI is InChI=1S/C51H60N4O7/c1-3-4-5-8-36(48(60)37-11-9-30(2)23-45(37)59)43(57)15-10-31-25-47-46(26-44(31)58)61-22-20-51(18-6-7-19-51)40-14-16-42(56)34-12-13-35-33(17-21-53-49(35)52)38(34)24-32-27-54-41-29-55(28-39(32)41)50(40)62-47/h9,11-13,25-30,36-37,40,42,45,48-50,53-54,56,58-60H,3-8,10,15,17-19,21,23-24,52H2,1-2H3/t30-,36-,37+,40-,42+,45+,48+,49-,50+/m1/s1. The molecule has 0 radical (unpaired) electrons. The molecule has 2 bridgehead atoms. The van der Waals surface area contributed by atoms with Crippen LogP contribution in [0.4, 0.5) is 0 Å². The molecule has 11 nitrogen and oxygen atoms in total. The molecule has 1 fully saturated rings. The molecule has 8 N–H and O–H groups in total. The van der Waals surface area contributed by atoms with E-state index in [0.717, 1.165) is 96.6 Å². The number of aromatic amines is 1. The monoisotopic (exact) mass is 840 g/mol. The van der Waals surface area contributed by atoms with E-state index in [1.807, 2.05) is 43.6 Å². The highest BCUT2D eigenvalue weighted by Gasteiger charge is 2.47. The Kier molecular flexibility index (Phi) is 12.0. The molecule has 0 amide bonds. The summed E-state index contributed by atoms with van der Waals surface area (Å²) in [6.07, 6.45) is 18.2. The SMILES string of the molecule is CCCCC[C@H](C(=O)CCc1cc2c(cc1O)OC#CC1(CCCC1)[C@@H]1C#C[C@H](O)c3ccc4c(c3Cc3c[nH]c5cn(cc35)[C@H]1O2)CCN[C@H]4N)[C@H](O)[C@H]1C=C[C@@H](C)C[C@@H]1O. The number of benzene rings is 2. The number of aryl methyl sites for hydroxylation is 1. The van der Waals surface area contributed by atoms with Crippen LogP contribution in [0.1, 0.15) is 130 Å². The number of ether oxygens (including phenoxy) is 2. The van der Waals surface area contributed by atoms with Crippen molar-refractivity contribution >= 4 is 16.7 Å². The summed E-state index contributed by atoms with van der Waals surface area (Å²) < 4.78 is 15.3. The van der Waals surface area contributed by atoms with Gasteiger partial charge in [-0.3, -0.25) is 10.1 Å². The number of hydrogen-bond acceptors (Lipinski definition) is 9. The fourth-order valence-corrected chi connectivity index (χ4v) is 10.9. The van der Waals surface area contributed by atoms with Gasteiger partial charge in [-0.05, 0) is 83.9 Å². The van der Waals surface area contributed by atoms with Crippen LogP contribution in [0, 0.1) is 53.0 Å². The average Bonchev–Trinajstić information content (AvgIpc) is 4.00. The Hall–Kier alpha value is -5.01. The number of hydrogen-bond donors (Lipinski definition) is 7. The minimum absolute atomic E-state index is 0.0471. The Morgan fingerprint density at radius 3 is 2.69 bits per heavy atom. The number of nitrogens with zero attached hydrogens (tertiary/aromatic N) is 1. The maximum absolute atomic E-state index is 14.1. The van der Waals surface area contributed by atoms with Crippen molar-refractivity contribution in [2.75, 3.05) is 6.54 Å². The van der Waals surface area contributed by atoms with Crippen molar-refractivity contribution in [3.8, 4) is 41.1 Å². The second kappa shape index (κ2) is 17.6. The molecule has 4 aromatic rings. The lowest BCUT2D eigenvalue weighted by molar-refractivity contribution is -0.129. The van der Waals surface area contributed by atoms with Crippen molar-refractivity contribution in [1.82, 2.24) is 14.9 Å². The summed E-state index contributed by atoms with van der Waals surface area (Å²) >= 11 is 0. The van der Waals surface area contributed by atoms with Crippen LogP contribution >= 0.6 is 0 Å². The van der Waals surface area contributed by atoms with Gasteiger partial charge in [0, 0.05) is 61.3 Å². The lowest BCUT2D eigenvalue weighted by atomic mass is 9.73. The molecular weight excluding hydrogens is 781 g/mol. The molecular formula is C51H60N4O7. The number of aromatic hydroxyl groups is 1. The van der Waals surface area contributed by atoms with Gasteiger partial charge in [-0.2, -0.15) is 0 Å². The van der Waals surface area contributed by atoms with E-state index >= 15 is 0 Å². The first-order chi connectivity index (χ1) is 30.0. The number of aliphatic hydroxyl groups excluding tert-OH is 3. The summed E-state index contributed by atoms with van der Waals surface area (Å²) in [5.41, 5.74) is 12.5. The number of allylic oxidation sites excluding steroid dienone is 1. The summed E-state index contributed by atoms with van der Waals surface area (Å²) in [5, 5.41) is 50.3. The quantitative estimate of drug-likeness (QED) is 0.0497. The second-order valence-electron chi connectivity index (χ2n) is 18.5. The van der Waals surface area contributed by atoms with E-state index in [1.54, 1.807) is 6.07 Å². The summed E-state index contributed by atoms with van der Waals surface area (Å²) in [6.45, 7) is 4.89. The lowest BCUT2D eigenvalue weighted by Crippen LogP contribution is -2.41. The number of phenolic OH excluding ortho intramolecular Hbond substituents is 1. The first kappa shape index (κ1) is 42.3. The number of carbonyl (C=O) groups is 1. The summed E-state index contributed by atoms with van der Waals surface area (Å²) in [6, 6.07) is 7.23. The van der Waals surface area contributed by atoms with Crippen molar-refractivity contribution in [3.05, 3.63) is 88.4 Å². The highest BCUT2D eigenvalue weighted by molar-refractivity contribution is 5.84. The number of fused-ring (bicyclic) bond motifs is 8. The Morgan fingerprint density at radius 2 is 1.89 bits per heavy atom. The van der Waals surface area contributed by atoms with E-state index in [1.165, 1.54) is 6.07 Å². The summed E-state index contributed by atoms with van der Waals surface area (Å²) in [5.74, 6) is 9.33. The van der Waals surface area contributed by atoms with Crippen molar-refractivity contribution in [2.24, 2.45) is 34.8 Å². The van der Waals surface area contributed by atoms with Gasteiger partial charge >= 0.3 is 0 Å². The first-order valence-corrected chi connectivity index (χ1v) is 22.8. The number of nitrogens with two attached hydrogens (primary N) is 1. The molecule has 5 aliphatic rings. The van der Waals surface area contributed by atoms with E-state index in [9.17, 15) is 25.2 Å². The van der Waals surface area contributed by atoms with Crippen LogP contribution in [0.2, 0.25) is 0 Å². The minimum atomic E-state index is -1.07. The molecule has 0 unspecified atom stereocenters. The zero-order chi connectivity index (χ0) is 43.1. The van der Waals surface area contributed by atoms with Crippen molar-refractivity contribution in [1.29, 1.82) is 0 Å². The van der Waals surface area contributed by atoms with Gasteiger partial charge in [0.05, 0.1) is 35.2 Å². The van der Waals surface area contributed by atoms with E-state index in [2.05, 4.69) is 51.9 Å². The van der Waals surface area contributed by atoms with E-state index < -0.39 is 47.7 Å². The van der Waals surface area contributed by atoms with Gasteiger partial charge in [0.25, 0.3) is 0 Å². The Morgan fingerprint density at radius 1 is 1.06 bits per heavy atom. The number of phenols is 1. The third-order valence-electron chi connectivity index (χ3n) is 14.4. The molecule has 0 saturated heterocycles. The van der Waals surface area contributed by atoms with Gasteiger partial charge in [0.1, 0.15) is 23.7 Å². The van der Waals surface area contributed by atoms with Crippen molar-refractivity contribution in [2.45, 2.75) is 128 Å². The van der Waals surface area contributed by atoms with Crippen LogP contribution in [0.5, 0.6) is 17.2 Å². The normalized spacial score (nSPS) is 26.8. The third-order valence-corrected chi connectivity index (χ3v) is 14.4. The molecule has 2 aliphatic carbocycles. The first-order valence-electron chi connectivity index (χ1n) is 22.8. The number of aliphatic hydroxyl groups is 3. The topological polar surface area (TPSA) is 175 Å². The average molecular weight is 841 g/mol. The molecule has 3 aliphatic heterocycles. The Labute approximate surface area is 364 Å². The minimum Gasteiger partial charge on any atom is -0.508 e. The molecule has 9 atom stereocenters. The van der Waals surface area contributed by atoms with Crippen molar-refractivity contribution < 1.29 is 34.7 Å². The fraction of sp³-hybridized carbons (Fsp3) is 0.510. The van der Waals surface area contributed by atoms with E-state index in [-0.39, 0.29) is 42.2 Å². The van der Waals surface area contributed by atoms with Gasteiger partial charge in [0.2, 0.25) is 0 Å². The van der Waals surface area contributed by atoms with Crippen LogP contribution in [0.25, 0.3) is 10.9 Å². The number of unbranched alkanes of at least 4 members (excludes halogenated alkanes) is 2. The number of rotatable bonds is 10.